The summed E-state index contributed by atoms with van der Waals surface area (Å²) < 4.78 is 0. The predicted molar refractivity (Wildman–Crippen MR) is 78.6 cm³/mol. The molecule has 0 bridgehead atoms. The number of hydrogen-bond acceptors (Lipinski definition) is 3. The van der Waals surface area contributed by atoms with Gasteiger partial charge in [0.05, 0.1) is 0 Å². The number of carbonyl (C=O) groups is 1. The third kappa shape index (κ3) is 3.19. The number of hydrogen-bond donors (Lipinski definition) is 2. The Labute approximate surface area is 113 Å². The van der Waals surface area contributed by atoms with Gasteiger partial charge in [0.25, 0.3) is 5.91 Å². The minimum atomic E-state index is 0.0401. The molecule has 0 spiro atoms. The van der Waals surface area contributed by atoms with E-state index in [2.05, 4.69) is 23.8 Å². The van der Waals surface area contributed by atoms with Crippen molar-refractivity contribution in [2.24, 2.45) is 0 Å². The molecular formula is C14H20N2OS. The number of fused-ring (bicyclic) bond motifs is 1. The minimum Gasteiger partial charge on any atom is -0.384 e. The summed E-state index contributed by atoms with van der Waals surface area (Å²) in [6.07, 6.45) is 4.11. The van der Waals surface area contributed by atoms with Crippen LogP contribution in [0.25, 0.3) is 0 Å². The number of anilines is 1. The van der Waals surface area contributed by atoms with Gasteiger partial charge in [-0.1, -0.05) is 0 Å². The Morgan fingerprint density at radius 1 is 1.56 bits per heavy atom. The van der Waals surface area contributed by atoms with Crippen LogP contribution in [0.3, 0.4) is 0 Å². The standard InChI is InChI=1S/C14H20N2OS/c1-10(6-8-18-2)16-14(17)12-3-4-13-11(9-12)5-7-15-13/h3-4,9-10,15H,5-8H2,1-2H3,(H,16,17). The first-order valence-corrected chi connectivity index (χ1v) is 7.76. The number of carbonyl (C=O) groups excluding carboxylic acids is 1. The lowest BCUT2D eigenvalue weighted by molar-refractivity contribution is 0.0939. The van der Waals surface area contributed by atoms with E-state index in [1.54, 1.807) is 0 Å². The van der Waals surface area contributed by atoms with Crippen LogP contribution in [-0.2, 0) is 6.42 Å². The second kappa shape index (κ2) is 6.14. The number of rotatable bonds is 5. The summed E-state index contributed by atoms with van der Waals surface area (Å²) in [5.74, 6) is 1.12. The molecule has 0 fully saturated rings. The summed E-state index contributed by atoms with van der Waals surface area (Å²) in [7, 11) is 0. The number of benzene rings is 1. The second-order valence-corrected chi connectivity index (χ2v) is 5.69. The largest absolute Gasteiger partial charge is 0.384 e. The maximum absolute atomic E-state index is 12.1. The van der Waals surface area contributed by atoms with Crippen LogP contribution in [0.1, 0.15) is 29.3 Å². The summed E-state index contributed by atoms with van der Waals surface area (Å²) >= 11 is 1.81. The first-order chi connectivity index (χ1) is 8.70. The zero-order chi connectivity index (χ0) is 13.0. The smallest absolute Gasteiger partial charge is 0.251 e. The molecule has 0 saturated heterocycles. The lowest BCUT2D eigenvalue weighted by Gasteiger charge is -2.13. The fourth-order valence-corrected chi connectivity index (χ4v) is 2.71. The Bertz CT molecular complexity index is 434. The van der Waals surface area contributed by atoms with E-state index in [9.17, 15) is 4.79 Å². The van der Waals surface area contributed by atoms with Gasteiger partial charge < -0.3 is 10.6 Å². The Kier molecular flexibility index (Phi) is 4.53. The Morgan fingerprint density at radius 2 is 2.39 bits per heavy atom. The molecule has 2 N–H and O–H groups in total. The number of thioether (sulfide) groups is 1. The molecule has 0 radical (unpaired) electrons. The average molecular weight is 264 g/mol. The molecule has 1 aromatic carbocycles. The SMILES string of the molecule is CSCCC(C)NC(=O)c1ccc2c(c1)CCN2. The number of amides is 1. The van der Waals surface area contributed by atoms with Crippen molar-refractivity contribution in [3.63, 3.8) is 0 Å². The maximum atomic E-state index is 12.1. The van der Waals surface area contributed by atoms with Crippen molar-refractivity contribution in [2.45, 2.75) is 25.8 Å². The van der Waals surface area contributed by atoms with Crippen molar-refractivity contribution < 1.29 is 4.79 Å². The molecule has 1 unspecified atom stereocenters. The normalized spacial score (nSPS) is 14.8. The summed E-state index contributed by atoms with van der Waals surface area (Å²) in [5.41, 5.74) is 3.19. The van der Waals surface area contributed by atoms with E-state index < -0.39 is 0 Å². The minimum absolute atomic E-state index is 0.0401. The zero-order valence-electron chi connectivity index (χ0n) is 11.0. The van der Waals surface area contributed by atoms with Gasteiger partial charge in [0.2, 0.25) is 0 Å². The van der Waals surface area contributed by atoms with Gasteiger partial charge in [-0.3, -0.25) is 4.79 Å². The molecule has 98 valence electrons. The van der Waals surface area contributed by atoms with Gasteiger partial charge in [-0.2, -0.15) is 11.8 Å². The molecule has 0 saturated carbocycles. The highest BCUT2D eigenvalue weighted by atomic mass is 32.2. The van der Waals surface area contributed by atoms with Crippen molar-refractivity contribution in [1.82, 2.24) is 5.32 Å². The van der Waals surface area contributed by atoms with Crippen molar-refractivity contribution in [3.05, 3.63) is 29.3 Å². The van der Waals surface area contributed by atoms with Gasteiger partial charge in [-0.25, -0.2) is 0 Å². The van der Waals surface area contributed by atoms with Crippen molar-refractivity contribution in [1.29, 1.82) is 0 Å². The van der Waals surface area contributed by atoms with E-state index in [0.717, 1.165) is 30.7 Å². The molecule has 0 aliphatic carbocycles. The molecular weight excluding hydrogens is 244 g/mol. The van der Waals surface area contributed by atoms with Crippen LogP contribution < -0.4 is 10.6 Å². The van der Waals surface area contributed by atoms with E-state index >= 15 is 0 Å². The van der Waals surface area contributed by atoms with Gasteiger partial charge in [0.1, 0.15) is 0 Å². The van der Waals surface area contributed by atoms with Crippen LogP contribution >= 0.6 is 11.8 Å². The van der Waals surface area contributed by atoms with E-state index in [1.807, 2.05) is 30.0 Å². The van der Waals surface area contributed by atoms with E-state index in [0.29, 0.717) is 0 Å². The highest BCUT2D eigenvalue weighted by Gasteiger charge is 2.14. The zero-order valence-corrected chi connectivity index (χ0v) is 11.8. The fraction of sp³-hybridized carbons (Fsp3) is 0.500. The van der Waals surface area contributed by atoms with Gasteiger partial charge in [-0.15, -0.1) is 0 Å². The van der Waals surface area contributed by atoms with Crippen LogP contribution in [0.15, 0.2) is 18.2 Å². The highest BCUT2D eigenvalue weighted by Crippen LogP contribution is 2.22. The first kappa shape index (κ1) is 13.3. The molecule has 2 rings (SSSR count). The van der Waals surface area contributed by atoms with E-state index in [1.165, 1.54) is 11.3 Å². The van der Waals surface area contributed by atoms with Crippen molar-refractivity contribution >= 4 is 23.4 Å². The molecule has 1 amide bonds. The van der Waals surface area contributed by atoms with Crippen LogP contribution in [0, 0.1) is 0 Å². The summed E-state index contributed by atoms with van der Waals surface area (Å²) in [6.45, 7) is 3.04. The first-order valence-electron chi connectivity index (χ1n) is 6.37. The quantitative estimate of drug-likeness (QED) is 0.858. The van der Waals surface area contributed by atoms with Gasteiger partial charge in [0, 0.05) is 23.8 Å². The molecule has 1 aliphatic rings. The Hall–Kier alpha value is -1.16. The summed E-state index contributed by atoms with van der Waals surface area (Å²) in [5, 5.41) is 6.35. The van der Waals surface area contributed by atoms with Crippen molar-refractivity contribution in [3.8, 4) is 0 Å². The molecule has 0 aromatic heterocycles. The van der Waals surface area contributed by atoms with Gasteiger partial charge in [0.15, 0.2) is 0 Å². The Morgan fingerprint density at radius 3 is 3.17 bits per heavy atom. The summed E-state index contributed by atoms with van der Waals surface area (Å²) in [4.78, 5) is 12.1. The van der Waals surface area contributed by atoms with Crippen LogP contribution in [0.2, 0.25) is 0 Å². The fourth-order valence-electron chi connectivity index (χ4n) is 2.12. The summed E-state index contributed by atoms with van der Waals surface area (Å²) in [6, 6.07) is 6.14. The molecule has 1 aromatic rings. The predicted octanol–water partition coefficient (Wildman–Crippen LogP) is 2.53. The molecule has 1 atom stereocenters. The molecule has 1 aliphatic heterocycles. The average Bonchev–Trinajstić information content (AvgIpc) is 2.83. The Balaban J connectivity index is 1.96. The molecule has 4 heteroatoms. The van der Waals surface area contributed by atoms with Gasteiger partial charge in [-0.05, 0) is 55.5 Å². The molecule has 3 nitrogen and oxygen atoms in total. The van der Waals surface area contributed by atoms with E-state index in [-0.39, 0.29) is 11.9 Å². The van der Waals surface area contributed by atoms with E-state index in [4.69, 9.17) is 0 Å². The van der Waals surface area contributed by atoms with Crippen LogP contribution in [0.5, 0.6) is 0 Å². The monoisotopic (exact) mass is 264 g/mol. The van der Waals surface area contributed by atoms with Crippen LogP contribution in [0.4, 0.5) is 5.69 Å². The van der Waals surface area contributed by atoms with Crippen molar-refractivity contribution in [2.75, 3.05) is 23.9 Å². The molecule has 1 heterocycles. The third-order valence-corrected chi connectivity index (χ3v) is 3.85. The highest BCUT2D eigenvalue weighted by molar-refractivity contribution is 7.98. The maximum Gasteiger partial charge on any atom is 0.251 e. The second-order valence-electron chi connectivity index (χ2n) is 4.70. The third-order valence-electron chi connectivity index (χ3n) is 3.21. The lowest BCUT2D eigenvalue weighted by atomic mass is 10.1. The van der Waals surface area contributed by atoms with Gasteiger partial charge >= 0.3 is 0 Å². The molecule has 18 heavy (non-hydrogen) atoms. The number of nitrogens with one attached hydrogen (secondary N) is 2. The topological polar surface area (TPSA) is 41.1 Å². The van der Waals surface area contributed by atoms with Crippen LogP contribution in [-0.4, -0.2) is 30.5 Å². The lowest BCUT2D eigenvalue weighted by Crippen LogP contribution is -2.32.